The highest BCUT2D eigenvalue weighted by molar-refractivity contribution is 5.53. The first-order valence-electron chi connectivity index (χ1n) is 4.74. The van der Waals surface area contributed by atoms with Gasteiger partial charge in [-0.1, -0.05) is 13.8 Å². The Hall–Kier alpha value is -1.31. The molecular weight excluding hydrogens is 160 g/mol. The lowest BCUT2D eigenvalue weighted by Crippen LogP contribution is -1.98. The van der Waals surface area contributed by atoms with Crippen LogP contribution in [0.2, 0.25) is 0 Å². The van der Waals surface area contributed by atoms with Gasteiger partial charge in [-0.2, -0.15) is 0 Å². The van der Waals surface area contributed by atoms with E-state index in [1.807, 2.05) is 12.4 Å². The van der Waals surface area contributed by atoms with Gasteiger partial charge in [-0.15, -0.1) is 0 Å². The van der Waals surface area contributed by atoms with Gasteiger partial charge in [0.15, 0.2) is 0 Å². The maximum absolute atomic E-state index is 4.43. The lowest BCUT2D eigenvalue weighted by Gasteiger charge is -2.09. The summed E-state index contributed by atoms with van der Waals surface area (Å²) in [7, 11) is 0. The second-order valence-corrected chi connectivity index (χ2v) is 3.42. The van der Waals surface area contributed by atoms with Gasteiger partial charge in [0.2, 0.25) is 0 Å². The van der Waals surface area contributed by atoms with Crippen molar-refractivity contribution in [3.05, 3.63) is 36.4 Å². The number of fused-ring (bicyclic) bond motifs is 1. The summed E-state index contributed by atoms with van der Waals surface area (Å²) >= 11 is 0. The highest BCUT2D eigenvalue weighted by atomic mass is 14.9. The average molecular weight is 174 g/mol. The summed E-state index contributed by atoms with van der Waals surface area (Å²) in [5.41, 5.74) is 2.44. The Kier molecular flexibility index (Phi) is 2.05. The average Bonchev–Trinajstić information content (AvgIpc) is 2.63. The normalized spacial score (nSPS) is 13.4. The van der Waals surface area contributed by atoms with Crippen LogP contribution in [0.15, 0.2) is 30.7 Å². The summed E-state index contributed by atoms with van der Waals surface area (Å²) in [5.74, 6) is 0.540. The lowest BCUT2D eigenvalue weighted by molar-refractivity contribution is 0.710. The molecular formula is C11H14N2. The minimum Gasteiger partial charge on any atom is -0.321 e. The smallest absolute Gasteiger partial charge is 0.0672 e. The summed E-state index contributed by atoms with van der Waals surface area (Å²) in [6.07, 6.45) is 7.05. The Labute approximate surface area is 78.2 Å². The molecule has 1 unspecified atom stereocenters. The van der Waals surface area contributed by atoms with E-state index < -0.39 is 0 Å². The van der Waals surface area contributed by atoms with Gasteiger partial charge in [0.05, 0.1) is 11.2 Å². The number of rotatable bonds is 2. The van der Waals surface area contributed by atoms with Gasteiger partial charge < -0.3 is 4.40 Å². The Morgan fingerprint density at radius 3 is 3.08 bits per heavy atom. The quantitative estimate of drug-likeness (QED) is 0.684. The summed E-state index contributed by atoms with van der Waals surface area (Å²) in [4.78, 5) is 4.43. The maximum Gasteiger partial charge on any atom is 0.0672 e. The maximum atomic E-state index is 4.43. The molecule has 2 rings (SSSR count). The van der Waals surface area contributed by atoms with E-state index >= 15 is 0 Å². The molecule has 13 heavy (non-hydrogen) atoms. The third kappa shape index (κ3) is 1.32. The molecule has 2 heteroatoms. The molecule has 68 valence electrons. The summed E-state index contributed by atoms with van der Waals surface area (Å²) in [5, 5.41) is 0. The molecule has 1 atom stereocenters. The number of hydrogen-bond donors (Lipinski definition) is 0. The predicted molar refractivity (Wildman–Crippen MR) is 53.9 cm³/mol. The zero-order valence-electron chi connectivity index (χ0n) is 8.07. The molecule has 0 amide bonds. The second kappa shape index (κ2) is 3.21. The van der Waals surface area contributed by atoms with Crippen LogP contribution in [-0.4, -0.2) is 9.38 Å². The van der Waals surface area contributed by atoms with Gasteiger partial charge in [-0.05, 0) is 18.6 Å². The molecule has 0 saturated carbocycles. The minimum atomic E-state index is 0.540. The zero-order valence-corrected chi connectivity index (χ0v) is 8.07. The van der Waals surface area contributed by atoms with Crippen molar-refractivity contribution < 1.29 is 0 Å². The molecule has 2 aromatic rings. The molecule has 0 aliphatic heterocycles. The van der Waals surface area contributed by atoms with E-state index in [2.05, 4.69) is 41.6 Å². The molecule has 0 aliphatic rings. The van der Waals surface area contributed by atoms with Crippen LogP contribution in [0.1, 0.15) is 31.9 Å². The van der Waals surface area contributed by atoms with Gasteiger partial charge in [-0.3, -0.25) is 4.98 Å². The van der Waals surface area contributed by atoms with Crippen LogP contribution < -0.4 is 0 Å². The summed E-state index contributed by atoms with van der Waals surface area (Å²) in [6, 6.07) is 4.18. The first-order chi connectivity index (χ1) is 6.33. The number of aromatic nitrogens is 2. The van der Waals surface area contributed by atoms with Crippen molar-refractivity contribution >= 4 is 5.52 Å². The topological polar surface area (TPSA) is 17.3 Å². The Balaban J connectivity index is 2.60. The van der Waals surface area contributed by atoms with E-state index in [0.717, 1.165) is 6.42 Å². The molecule has 0 radical (unpaired) electrons. The van der Waals surface area contributed by atoms with Crippen LogP contribution in [0.5, 0.6) is 0 Å². The molecule has 0 aliphatic carbocycles. The molecule has 0 fully saturated rings. The Morgan fingerprint density at radius 2 is 2.31 bits per heavy atom. The zero-order chi connectivity index (χ0) is 9.26. The van der Waals surface area contributed by atoms with Gasteiger partial charge in [-0.25, -0.2) is 0 Å². The summed E-state index contributed by atoms with van der Waals surface area (Å²) in [6.45, 7) is 4.41. The second-order valence-electron chi connectivity index (χ2n) is 3.42. The van der Waals surface area contributed by atoms with Crippen molar-refractivity contribution in [2.45, 2.75) is 26.2 Å². The fraction of sp³-hybridized carbons (Fsp3) is 0.364. The van der Waals surface area contributed by atoms with E-state index in [1.54, 1.807) is 0 Å². The van der Waals surface area contributed by atoms with Crippen molar-refractivity contribution in [2.75, 3.05) is 0 Å². The van der Waals surface area contributed by atoms with Crippen molar-refractivity contribution in [1.82, 2.24) is 9.38 Å². The van der Waals surface area contributed by atoms with E-state index in [9.17, 15) is 0 Å². The highest BCUT2D eigenvalue weighted by Gasteiger charge is 2.08. The van der Waals surface area contributed by atoms with Crippen molar-refractivity contribution in [2.24, 2.45) is 0 Å². The lowest BCUT2D eigenvalue weighted by atomic mass is 10.0. The van der Waals surface area contributed by atoms with Gasteiger partial charge in [0.1, 0.15) is 0 Å². The van der Waals surface area contributed by atoms with Crippen LogP contribution in [0.3, 0.4) is 0 Å². The molecule has 0 bridgehead atoms. The molecule has 0 N–H and O–H groups in total. The molecule has 0 spiro atoms. The largest absolute Gasteiger partial charge is 0.321 e. The van der Waals surface area contributed by atoms with Gasteiger partial charge in [0, 0.05) is 24.5 Å². The first-order valence-corrected chi connectivity index (χ1v) is 4.74. The standard InChI is InChI=1S/C11H14N2/c1-3-9(2)11-10-5-4-7-13(10)8-6-12-11/h4-9H,3H2,1-2H3. The number of nitrogens with zero attached hydrogens (tertiary/aromatic N) is 2. The van der Waals surface area contributed by atoms with Crippen LogP contribution in [0, 0.1) is 0 Å². The van der Waals surface area contributed by atoms with E-state index in [4.69, 9.17) is 0 Å². The third-order valence-electron chi connectivity index (χ3n) is 2.56. The van der Waals surface area contributed by atoms with Gasteiger partial charge >= 0.3 is 0 Å². The summed E-state index contributed by atoms with van der Waals surface area (Å²) < 4.78 is 2.12. The highest BCUT2D eigenvalue weighted by Crippen LogP contribution is 2.20. The van der Waals surface area contributed by atoms with Gasteiger partial charge in [0.25, 0.3) is 0 Å². The third-order valence-corrected chi connectivity index (χ3v) is 2.56. The SMILES string of the molecule is CCC(C)c1nccn2cccc12. The fourth-order valence-corrected chi connectivity index (χ4v) is 1.57. The Bertz CT molecular complexity index is 403. The van der Waals surface area contributed by atoms with Crippen LogP contribution >= 0.6 is 0 Å². The van der Waals surface area contributed by atoms with E-state index in [1.165, 1.54) is 11.2 Å². The van der Waals surface area contributed by atoms with Crippen LogP contribution in [0.25, 0.3) is 5.52 Å². The van der Waals surface area contributed by atoms with E-state index in [-0.39, 0.29) is 0 Å². The molecule has 2 heterocycles. The molecule has 2 aromatic heterocycles. The predicted octanol–water partition coefficient (Wildman–Crippen LogP) is 2.85. The molecule has 2 nitrogen and oxygen atoms in total. The number of hydrogen-bond acceptors (Lipinski definition) is 1. The molecule has 0 saturated heterocycles. The van der Waals surface area contributed by atoms with Crippen LogP contribution in [-0.2, 0) is 0 Å². The first kappa shape index (κ1) is 8.30. The Morgan fingerprint density at radius 1 is 1.46 bits per heavy atom. The minimum absolute atomic E-state index is 0.540. The fourth-order valence-electron chi connectivity index (χ4n) is 1.57. The van der Waals surface area contributed by atoms with Crippen LogP contribution in [0.4, 0.5) is 0 Å². The van der Waals surface area contributed by atoms with Crippen molar-refractivity contribution in [1.29, 1.82) is 0 Å². The monoisotopic (exact) mass is 174 g/mol. The van der Waals surface area contributed by atoms with Crippen molar-refractivity contribution in [3.8, 4) is 0 Å². The molecule has 0 aromatic carbocycles. The van der Waals surface area contributed by atoms with Crippen molar-refractivity contribution in [3.63, 3.8) is 0 Å². The van der Waals surface area contributed by atoms with E-state index in [0.29, 0.717) is 5.92 Å².